The second kappa shape index (κ2) is 6.96. The van der Waals surface area contributed by atoms with Crippen molar-refractivity contribution in [2.24, 2.45) is 10.7 Å². The Morgan fingerprint density at radius 1 is 1.25 bits per heavy atom. The van der Waals surface area contributed by atoms with Crippen LogP contribution in [0.25, 0.3) is 0 Å². The van der Waals surface area contributed by atoms with Crippen LogP contribution >= 0.6 is 11.8 Å². The number of nitrogens with zero attached hydrogens (tertiary/aromatic N) is 2. The van der Waals surface area contributed by atoms with Crippen molar-refractivity contribution < 1.29 is 19.4 Å². The summed E-state index contributed by atoms with van der Waals surface area (Å²) in [5.74, 6) is -0.471. The number of hydrogen-bond acceptors (Lipinski definition) is 6. The number of rotatable bonds is 5. The van der Waals surface area contributed by atoms with E-state index in [1.165, 1.54) is 4.90 Å². The number of para-hydroxylation sites is 1. The lowest BCUT2D eigenvalue weighted by Crippen LogP contribution is -2.50. The smallest absolute Gasteiger partial charge is 0.265 e. The van der Waals surface area contributed by atoms with Crippen LogP contribution in [0.5, 0.6) is 5.75 Å². The number of aliphatic imine (C=N–C) groups is 1. The first-order chi connectivity index (χ1) is 13.4. The van der Waals surface area contributed by atoms with E-state index in [9.17, 15) is 14.7 Å². The largest absolute Gasteiger partial charge is 0.492 e. The Morgan fingerprint density at radius 2 is 2.04 bits per heavy atom. The highest BCUT2D eigenvalue weighted by Gasteiger charge is 2.59. The summed E-state index contributed by atoms with van der Waals surface area (Å²) in [6, 6.07) is 14.5. The molecule has 2 aliphatic rings. The quantitative estimate of drug-likeness (QED) is 0.793. The molecule has 0 aromatic heterocycles. The van der Waals surface area contributed by atoms with Gasteiger partial charge >= 0.3 is 0 Å². The second-order valence-electron chi connectivity index (χ2n) is 6.69. The van der Waals surface area contributed by atoms with Crippen LogP contribution in [0.3, 0.4) is 0 Å². The molecule has 0 aliphatic carbocycles. The molecule has 7 nitrogen and oxygen atoms in total. The van der Waals surface area contributed by atoms with Gasteiger partial charge in [0.1, 0.15) is 17.6 Å². The molecule has 144 valence electrons. The van der Waals surface area contributed by atoms with Crippen LogP contribution in [0.15, 0.2) is 53.5 Å². The van der Waals surface area contributed by atoms with Gasteiger partial charge in [-0.2, -0.15) is 4.99 Å². The van der Waals surface area contributed by atoms with Crippen LogP contribution in [0.4, 0.5) is 5.69 Å². The van der Waals surface area contributed by atoms with E-state index in [4.69, 9.17) is 10.5 Å². The molecule has 0 saturated heterocycles. The van der Waals surface area contributed by atoms with E-state index in [1.807, 2.05) is 31.2 Å². The molecule has 0 spiro atoms. The summed E-state index contributed by atoms with van der Waals surface area (Å²) in [7, 11) is 0. The Kier molecular flexibility index (Phi) is 4.60. The van der Waals surface area contributed by atoms with Crippen molar-refractivity contribution in [3.63, 3.8) is 0 Å². The van der Waals surface area contributed by atoms with Crippen LogP contribution in [0, 0.1) is 6.92 Å². The van der Waals surface area contributed by atoms with E-state index in [2.05, 4.69) is 4.99 Å². The van der Waals surface area contributed by atoms with Crippen LogP contribution in [0.2, 0.25) is 0 Å². The molecule has 2 atom stereocenters. The number of ether oxygens (including phenoxy) is 1. The number of nitrogens with two attached hydrogens (primary N) is 1. The number of anilines is 1. The lowest BCUT2D eigenvalue weighted by atomic mass is 9.91. The Balaban J connectivity index is 1.58. The average molecular weight is 397 g/mol. The highest BCUT2D eigenvalue weighted by molar-refractivity contribution is 8.15. The van der Waals surface area contributed by atoms with Gasteiger partial charge < -0.3 is 20.5 Å². The molecule has 0 radical (unpaired) electrons. The first-order valence-corrected chi connectivity index (χ1v) is 9.67. The number of amides is 2. The van der Waals surface area contributed by atoms with E-state index >= 15 is 0 Å². The predicted molar refractivity (Wildman–Crippen MR) is 107 cm³/mol. The Morgan fingerprint density at radius 3 is 2.75 bits per heavy atom. The minimum absolute atomic E-state index is 0.0509. The SMILES string of the molecule is Cc1cccc(OCCN2C(=O)C(O)(C3SC(N)=NC3=O)c3ccccc32)c1. The van der Waals surface area contributed by atoms with Gasteiger partial charge in [0.15, 0.2) is 10.8 Å². The van der Waals surface area contributed by atoms with Crippen molar-refractivity contribution in [3.8, 4) is 5.75 Å². The van der Waals surface area contributed by atoms with E-state index in [0.29, 0.717) is 17.0 Å². The number of fused-ring (bicyclic) bond motifs is 1. The number of aliphatic hydroxyl groups is 1. The van der Waals surface area contributed by atoms with Crippen molar-refractivity contribution in [1.82, 2.24) is 0 Å². The third-order valence-corrected chi connectivity index (χ3v) is 5.92. The summed E-state index contributed by atoms with van der Waals surface area (Å²) in [6.45, 7) is 2.44. The van der Waals surface area contributed by atoms with E-state index in [-0.39, 0.29) is 18.3 Å². The fourth-order valence-corrected chi connectivity index (χ4v) is 4.46. The molecule has 4 rings (SSSR count). The van der Waals surface area contributed by atoms with Gasteiger partial charge in [-0.1, -0.05) is 42.1 Å². The summed E-state index contributed by atoms with van der Waals surface area (Å²) in [5.41, 5.74) is 5.64. The van der Waals surface area contributed by atoms with Crippen molar-refractivity contribution in [3.05, 3.63) is 59.7 Å². The fourth-order valence-electron chi connectivity index (χ4n) is 3.53. The summed E-state index contributed by atoms with van der Waals surface area (Å²) in [4.78, 5) is 30.5. The molecule has 2 aromatic rings. The number of hydrogen-bond donors (Lipinski definition) is 2. The fraction of sp³-hybridized carbons (Fsp3) is 0.250. The monoisotopic (exact) mass is 397 g/mol. The van der Waals surface area contributed by atoms with Crippen LogP contribution in [-0.4, -0.2) is 40.5 Å². The zero-order valence-corrected chi connectivity index (χ0v) is 16.0. The Labute approximate surface area is 166 Å². The van der Waals surface area contributed by atoms with Crippen molar-refractivity contribution in [2.45, 2.75) is 17.8 Å². The zero-order chi connectivity index (χ0) is 19.9. The summed E-state index contributed by atoms with van der Waals surface area (Å²) < 4.78 is 5.75. The Hall–Kier alpha value is -2.84. The van der Waals surface area contributed by atoms with E-state index in [0.717, 1.165) is 17.3 Å². The number of amidine groups is 1. The van der Waals surface area contributed by atoms with Gasteiger partial charge in [-0.3, -0.25) is 9.59 Å². The molecule has 0 fully saturated rings. The first-order valence-electron chi connectivity index (χ1n) is 8.79. The van der Waals surface area contributed by atoms with Crippen molar-refractivity contribution >= 4 is 34.4 Å². The molecule has 8 heteroatoms. The minimum Gasteiger partial charge on any atom is -0.492 e. The molecular formula is C20H19N3O4S. The summed E-state index contributed by atoms with van der Waals surface area (Å²) >= 11 is 0.911. The van der Waals surface area contributed by atoms with Gasteiger partial charge in [0.2, 0.25) is 0 Å². The van der Waals surface area contributed by atoms with E-state index in [1.54, 1.807) is 24.3 Å². The maximum absolute atomic E-state index is 13.2. The molecule has 2 aromatic carbocycles. The number of thioether (sulfide) groups is 1. The highest BCUT2D eigenvalue weighted by atomic mass is 32.2. The topological polar surface area (TPSA) is 105 Å². The molecular weight excluding hydrogens is 378 g/mol. The minimum atomic E-state index is -2.01. The molecule has 2 aliphatic heterocycles. The summed E-state index contributed by atoms with van der Waals surface area (Å²) in [6.07, 6.45) is 0. The maximum Gasteiger partial charge on any atom is 0.265 e. The van der Waals surface area contributed by atoms with Gasteiger partial charge in [0, 0.05) is 5.56 Å². The lowest BCUT2D eigenvalue weighted by molar-refractivity contribution is -0.140. The number of carbonyl (C=O) groups excluding carboxylic acids is 2. The standard InChI is InChI=1S/C20H19N3O4S/c1-12-5-4-6-13(11-12)27-10-9-23-15-8-3-2-7-14(15)20(26,18(23)25)16-17(24)22-19(21)28-16/h2-8,11,16,26H,9-10H2,1H3,(H2,21,22,24). The molecule has 2 unspecified atom stereocenters. The third-order valence-electron chi connectivity index (χ3n) is 4.81. The predicted octanol–water partition coefficient (Wildman–Crippen LogP) is 1.56. The second-order valence-corrected chi connectivity index (χ2v) is 7.82. The lowest BCUT2D eigenvalue weighted by Gasteiger charge is -2.26. The zero-order valence-electron chi connectivity index (χ0n) is 15.2. The molecule has 3 N–H and O–H groups in total. The van der Waals surface area contributed by atoms with Crippen LogP contribution in [-0.2, 0) is 15.2 Å². The summed E-state index contributed by atoms with van der Waals surface area (Å²) in [5, 5.41) is 10.3. The van der Waals surface area contributed by atoms with Crippen molar-refractivity contribution in [2.75, 3.05) is 18.1 Å². The number of benzene rings is 2. The Bertz CT molecular complexity index is 993. The van der Waals surface area contributed by atoms with Gasteiger partial charge in [-0.25, -0.2) is 0 Å². The van der Waals surface area contributed by atoms with Crippen LogP contribution in [0.1, 0.15) is 11.1 Å². The normalized spacial score (nSPS) is 23.7. The molecule has 2 amide bonds. The highest BCUT2D eigenvalue weighted by Crippen LogP contribution is 2.47. The first kappa shape index (κ1) is 18.5. The van der Waals surface area contributed by atoms with Gasteiger partial charge in [-0.15, -0.1) is 0 Å². The molecule has 2 heterocycles. The molecule has 0 saturated carbocycles. The van der Waals surface area contributed by atoms with Crippen LogP contribution < -0.4 is 15.4 Å². The third kappa shape index (κ3) is 2.94. The maximum atomic E-state index is 13.2. The van der Waals surface area contributed by atoms with Gasteiger partial charge in [-0.05, 0) is 30.7 Å². The average Bonchev–Trinajstić information content (AvgIpc) is 3.12. The van der Waals surface area contributed by atoms with Crippen molar-refractivity contribution in [1.29, 1.82) is 0 Å². The molecule has 28 heavy (non-hydrogen) atoms. The van der Waals surface area contributed by atoms with Gasteiger partial charge in [0.05, 0.1) is 12.2 Å². The van der Waals surface area contributed by atoms with Gasteiger partial charge in [0.25, 0.3) is 11.8 Å². The number of carbonyl (C=O) groups is 2. The molecule has 0 bridgehead atoms. The van der Waals surface area contributed by atoms with E-state index < -0.39 is 22.7 Å². The number of aryl methyl sites for hydroxylation is 1.